The molecule has 2 rings (SSSR count). The van der Waals surface area contributed by atoms with Gasteiger partial charge in [0.25, 0.3) is 5.91 Å². The van der Waals surface area contributed by atoms with Gasteiger partial charge < -0.3 is 10.5 Å². The molecule has 1 aliphatic rings. The smallest absolute Gasteiger partial charge is 0.254 e. The number of sulfonamides is 1. The Hall–Kier alpha value is -1.67. The lowest BCUT2D eigenvalue weighted by Gasteiger charge is -2.11. The maximum atomic E-state index is 11.3. The van der Waals surface area contributed by atoms with E-state index >= 15 is 0 Å². The predicted molar refractivity (Wildman–Crippen MR) is 57.8 cm³/mol. The second-order valence-electron chi connectivity index (χ2n) is 3.74. The Labute approximate surface area is 97.8 Å². The Bertz CT molecular complexity index is 566. The number of carbonyl (C=O) groups excluding carboxylic acids is 1. The van der Waals surface area contributed by atoms with E-state index in [0.717, 1.165) is 25.2 Å². The normalized spacial score (nSPS) is 15.6. The van der Waals surface area contributed by atoms with E-state index in [0.29, 0.717) is 0 Å². The lowest BCUT2D eigenvalue weighted by Crippen LogP contribution is -2.19. The number of carbonyl (C=O) groups is 1. The molecule has 4 N–H and O–H groups in total. The molecule has 1 saturated carbocycles. The van der Waals surface area contributed by atoms with Gasteiger partial charge in [-0.05, 0) is 12.8 Å². The van der Waals surface area contributed by atoms with Crippen LogP contribution in [0.5, 0.6) is 5.75 Å². The van der Waals surface area contributed by atoms with Crippen LogP contribution in [0.1, 0.15) is 23.2 Å². The van der Waals surface area contributed by atoms with Gasteiger partial charge in [0.1, 0.15) is 10.5 Å². The number of primary amides is 1. The van der Waals surface area contributed by atoms with Crippen molar-refractivity contribution in [2.75, 3.05) is 0 Å². The molecule has 1 fully saturated rings. The molecule has 0 aliphatic heterocycles. The van der Waals surface area contributed by atoms with Gasteiger partial charge in [-0.15, -0.1) is 0 Å². The molecule has 8 heteroatoms. The van der Waals surface area contributed by atoms with Crippen molar-refractivity contribution in [3.63, 3.8) is 0 Å². The van der Waals surface area contributed by atoms with Crippen molar-refractivity contribution in [3.8, 4) is 5.75 Å². The molecule has 92 valence electrons. The molecule has 0 unspecified atom stereocenters. The summed E-state index contributed by atoms with van der Waals surface area (Å²) in [6.07, 6.45) is 3.74. The van der Waals surface area contributed by atoms with Crippen LogP contribution in [0, 0.1) is 0 Å². The summed E-state index contributed by atoms with van der Waals surface area (Å²) < 4.78 is 28.0. The molecule has 0 bridgehead atoms. The fraction of sp³-hybridized carbons (Fsp3) is 0.333. The minimum absolute atomic E-state index is 0.0802. The Morgan fingerprint density at radius 2 is 2.06 bits per heavy atom. The van der Waals surface area contributed by atoms with Crippen molar-refractivity contribution in [2.45, 2.75) is 23.8 Å². The number of primary sulfonamides is 1. The van der Waals surface area contributed by atoms with Crippen molar-refractivity contribution in [3.05, 3.63) is 18.0 Å². The van der Waals surface area contributed by atoms with Crippen LogP contribution in [0.3, 0.4) is 0 Å². The lowest BCUT2D eigenvalue weighted by atomic mass is 10.2. The molecule has 0 saturated heterocycles. The number of rotatable bonds is 4. The van der Waals surface area contributed by atoms with Crippen LogP contribution >= 0.6 is 0 Å². The summed E-state index contributed by atoms with van der Waals surface area (Å²) in [5.74, 6) is -0.906. The van der Waals surface area contributed by atoms with Crippen LogP contribution in [0.2, 0.25) is 0 Å². The third kappa shape index (κ3) is 2.53. The maximum absolute atomic E-state index is 11.3. The fourth-order valence-corrected chi connectivity index (χ4v) is 1.91. The molecule has 0 aromatic carbocycles. The quantitative estimate of drug-likeness (QED) is 0.742. The van der Waals surface area contributed by atoms with Crippen LogP contribution in [-0.4, -0.2) is 25.4 Å². The molecular weight excluding hydrogens is 246 g/mol. The molecule has 1 aliphatic carbocycles. The summed E-state index contributed by atoms with van der Waals surface area (Å²) in [4.78, 5) is 14.5. The summed E-state index contributed by atoms with van der Waals surface area (Å²) >= 11 is 0. The summed E-state index contributed by atoms with van der Waals surface area (Å²) in [5.41, 5.74) is 5.05. The molecular formula is C9H11N3O4S. The highest BCUT2D eigenvalue weighted by molar-refractivity contribution is 7.89. The lowest BCUT2D eigenvalue weighted by molar-refractivity contribution is 0.0995. The number of aromatic nitrogens is 1. The predicted octanol–water partition coefficient (Wildman–Crippen LogP) is -0.631. The first-order valence-corrected chi connectivity index (χ1v) is 6.41. The highest BCUT2D eigenvalue weighted by Crippen LogP contribution is 2.33. The third-order valence-electron chi connectivity index (χ3n) is 2.24. The zero-order valence-electron chi connectivity index (χ0n) is 8.79. The zero-order chi connectivity index (χ0) is 12.6. The van der Waals surface area contributed by atoms with Gasteiger partial charge in [0.2, 0.25) is 10.0 Å². The number of nitrogens with two attached hydrogens (primary N) is 2. The van der Waals surface area contributed by atoms with E-state index in [1.54, 1.807) is 0 Å². The first-order chi connectivity index (χ1) is 7.89. The van der Waals surface area contributed by atoms with Crippen LogP contribution in [0.25, 0.3) is 0 Å². The first kappa shape index (κ1) is 11.8. The van der Waals surface area contributed by atoms with Gasteiger partial charge in [-0.2, -0.15) is 0 Å². The number of pyridine rings is 1. The maximum Gasteiger partial charge on any atom is 0.254 e. The Balaban J connectivity index is 2.57. The van der Waals surface area contributed by atoms with Crippen LogP contribution in [0.4, 0.5) is 0 Å². The molecule has 7 nitrogen and oxygen atoms in total. The van der Waals surface area contributed by atoms with Gasteiger partial charge in [0.05, 0.1) is 12.3 Å². The highest BCUT2D eigenvalue weighted by Gasteiger charge is 2.29. The summed E-state index contributed by atoms with van der Waals surface area (Å²) in [6, 6.07) is 0. The van der Waals surface area contributed by atoms with E-state index < -0.39 is 15.9 Å². The van der Waals surface area contributed by atoms with Crippen LogP contribution in [-0.2, 0) is 10.0 Å². The van der Waals surface area contributed by atoms with Gasteiger partial charge in [0.15, 0.2) is 5.75 Å². The van der Waals surface area contributed by atoms with E-state index in [1.165, 1.54) is 0 Å². The Morgan fingerprint density at radius 3 is 2.53 bits per heavy atom. The number of ether oxygens (including phenoxy) is 1. The topological polar surface area (TPSA) is 125 Å². The fourth-order valence-electron chi connectivity index (χ4n) is 1.28. The minimum atomic E-state index is -4.00. The number of hydrogen-bond acceptors (Lipinski definition) is 5. The van der Waals surface area contributed by atoms with Crippen molar-refractivity contribution in [1.29, 1.82) is 0 Å². The van der Waals surface area contributed by atoms with E-state index in [2.05, 4.69) is 4.98 Å². The molecule has 0 radical (unpaired) electrons. The number of nitrogens with zero attached hydrogens (tertiary/aromatic N) is 1. The van der Waals surface area contributed by atoms with Crippen LogP contribution in [0.15, 0.2) is 17.3 Å². The molecule has 0 spiro atoms. The minimum Gasteiger partial charge on any atom is -0.488 e. The van der Waals surface area contributed by atoms with Crippen molar-refractivity contribution in [2.24, 2.45) is 10.9 Å². The molecule has 17 heavy (non-hydrogen) atoms. The summed E-state index contributed by atoms with van der Waals surface area (Å²) in [7, 11) is -4.00. The van der Waals surface area contributed by atoms with Gasteiger partial charge >= 0.3 is 0 Å². The van der Waals surface area contributed by atoms with Crippen molar-refractivity contribution >= 4 is 15.9 Å². The summed E-state index contributed by atoms with van der Waals surface area (Å²) in [5, 5.41) is 5.02. The average molecular weight is 257 g/mol. The van der Waals surface area contributed by atoms with Crippen molar-refractivity contribution in [1.82, 2.24) is 4.98 Å². The highest BCUT2D eigenvalue weighted by atomic mass is 32.2. The van der Waals surface area contributed by atoms with E-state index in [-0.39, 0.29) is 22.3 Å². The van der Waals surface area contributed by atoms with Gasteiger partial charge in [-0.1, -0.05) is 0 Å². The zero-order valence-corrected chi connectivity index (χ0v) is 9.61. The standard InChI is InChI=1S/C9H11N3O4S/c10-9(13)6-3-12-4-7(17(11,14)15)8(6)16-5-1-2-5/h3-5H,1-2H2,(H2,10,13)(H2,11,14,15). The third-order valence-corrected chi connectivity index (χ3v) is 3.15. The molecule has 1 aromatic rings. The Kier molecular flexibility index (Phi) is 2.76. The van der Waals surface area contributed by atoms with Gasteiger partial charge in [-0.3, -0.25) is 9.78 Å². The van der Waals surface area contributed by atoms with Gasteiger partial charge in [0, 0.05) is 6.20 Å². The molecule has 1 heterocycles. The number of amides is 1. The Morgan fingerprint density at radius 1 is 1.41 bits per heavy atom. The molecule has 1 aromatic heterocycles. The second-order valence-corrected chi connectivity index (χ2v) is 5.27. The van der Waals surface area contributed by atoms with Crippen LogP contribution < -0.4 is 15.6 Å². The molecule has 1 amide bonds. The van der Waals surface area contributed by atoms with Crippen molar-refractivity contribution < 1.29 is 17.9 Å². The number of hydrogen-bond donors (Lipinski definition) is 2. The van der Waals surface area contributed by atoms with Gasteiger partial charge in [-0.25, -0.2) is 13.6 Å². The SMILES string of the molecule is NC(=O)c1cncc(S(N)(=O)=O)c1OC1CC1. The monoisotopic (exact) mass is 257 g/mol. The van der Waals surface area contributed by atoms with E-state index in [9.17, 15) is 13.2 Å². The largest absolute Gasteiger partial charge is 0.488 e. The van der Waals surface area contributed by atoms with E-state index in [4.69, 9.17) is 15.6 Å². The second kappa shape index (κ2) is 3.97. The average Bonchev–Trinajstić information content (AvgIpc) is 3.00. The van der Waals surface area contributed by atoms with E-state index in [1.807, 2.05) is 0 Å². The summed E-state index contributed by atoms with van der Waals surface area (Å²) in [6.45, 7) is 0. The molecule has 0 atom stereocenters. The first-order valence-electron chi connectivity index (χ1n) is 4.87.